The van der Waals surface area contributed by atoms with Crippen molar-refractivity contribution in [3.8, 4) is 0 Å². The number of carbonyl (C=O) groups excluding carboxylic acids is 3. The molecule has 422 valence electrons. The molecule has 0 spiro atoms. The van der Waals surface area contributed by atoms with Crippen molar-refractivity contribution in [3.63, 3.8) is 0 Å². The molecule has 0 aliphatic heterocycles. The van der Waals surface area contributed by atoms with Crippen molar-refractivity contribution in [2.24, 2.45) is 0 Å². The lowest BCUT2D eigenvalue weighted by atomic mass is 10.2. The van der Waals surface area contributed by atoms with Gasteiger partial charge in [0.15, 0.2) is 6.10 Å². The molecule has 76 heavy (non-hydrogen) atoms. The summed E-state index contributed by atoms with van der Waals surface area (Å²) in [5, 5.41) is 9.80. The number of aliphatic hydroxyl groups excluding tert-OH is 1. The van der Waals surface area contributed by atoms with E-state index in [0.29, 0.717) is 25.7 Å². The molecule has 0 aromatic rings. The Balaban J connectivity index is 5.03. The number of rotatable bonds is 48. The van der Waals surface area contributed by atoms with Crippen LogP contribution in [0.15, 0.2) is 182 Å². The van der Waals surface area contributed by atoms with Gasteiger partial charge in [-0.1, -0.05) is 203 Å². The summed E-state index contributed by atoms with van der Waals surface area (Å²) in [5.41, 5.74) is 0. The largest absolute Gasteiger partial charge is 0.472 e. The molecule has 0 aliphatic carbocycles. The number of unbranched alkanes of at least 4 members (excludes halogenated alkanes) is 2. The van der Waals surface area contributed by atoms with Crippen molar-refractivity contribution in [2.45, 2.75) is 174 Å². The van der Waals surface area contributed by atoms with Crippen LogP contribution in [0, 0.1) is 0 Å². The number of phosphoric ester groups is 1. The van der Waals surface area contributed by atoms with E-state index in [2.05, 4.69) is 161 Å². The van der Waals surface area contributed by atoms with Gasteiger partial charge in [-0.25, -0.2) is 4.57 Å². The number of esters is 3. The summed E-state index contributed by atoms with van der Waals surface area (Å²) >= 11 is 0. The van der Waals surface area contributed by atoms with Crippen LogP contribution in [0.4, 0.5) is 0 Å². The fraction of sp³-hybridized carbons (Fsp3) is 0.484. The average Bonchev–Trinajstić information content (AvgIpc) is 3.41. The van der Waals surface area contributed by atoms with Crippen LogP contribution in [0.3, 0.4) is 0 Å². The van der Waals surface area contributed by atoms with Crippen molar-refractivity contribution in [2.75, 3.05) is 26.4 Å². The Morgan fingerprint density at radius 1 is 0.382 bits per heavy atom. The SMILES string of the molecule is CC/C=C\C/C=C\C/C=C\C/C=C\C/C=C\C/C=C\CCC(=O)OC(COC(=O)C/C=C\C/C=C\C/C=C\C/C=C\C/C=C\CC)COP(=O)(O)OCC(CO)OC(=O)CCCC/C=C\C/C=C\C/C=C\C/C=C\CC. The van der Waals surface area contributed by atoms with Gasteiger partial charge in [0.25, 0.3) is 0 Å². The van der Waals surface area contributed by atoms with Crippen LogP contribution in [0.1, 0.15) is 162 Å². The Morgan fingerprint density at radius 3 is 1.08 bits per heavy atom. The number of hydrogen-bond acceptors (Lipinski definition) is 10. The smallest absolute Gasteiger partial charge is 0.461 e. The molecule has 0 aliphatic rings. The summed E-state index contributed by atoms with van der Waals surface area (Å²) in [6.07, 6.45) is 76.2. The van der Waals surface area contributed by atoms with Crippen molar-refractivity contribution in [3.05, 3.63) is 182 Å². The van der Waals surface area contributed by atoms with Gasteiger partial charge < -0.3 is 24.2 Å². The number of aliphatic hydroxyl groups is 1. The number of ether oxygens (including phenoxy) is 3. The second kappa shape index (κ2) is 55.8. The molecule has 0 aromatic carbocycles. The summed E-state index contributed by atoms with van der Waals surface area (Å²) in [6.45, 7) is 4.01. The van der Waals surface area contributed by atoms with E-state index in [0.717, 1.165) is 96.3 Å². The highest BCUT2D eigenvalue weighted by Gasteiger charge is 2.28. The van der Waals surface area contributed by atoms with Crippen LogP contribution >= 0.6 is 7.82 Å². The van der Waals surface area contributed by atoms with E-state index in [-0.39, 0.29) is 19.3 Å². The van der Waals surface area contributed by atoms with Crippen molar-refractivity contribution >= 4 is 25.7 Å². The Morgan fingerprint density at radius 2 is 0.697 bits per heavy atom. The predicted octanol–water partition coefficient (Wildman–Crippen LogP) is 16.5. The van der Waals surface area contributed by atoms with Crippen LogP contribution in [0.5, 0.6) is 0 Å². The molecule has 0 bridgehead atoms. The molecule has 3 atom stereocenters. The molecule has 0 saturated heterocycles. The zero-order chi connectivity index (χ0) is 55.5. The molecule has 12 heteroatoms. The second-order valence-electron chi connectivity index (χ2n) is 17.3. The highest BCUT2D eigenvalue weighted by molar-refractivity contribution is 7.47. The Labute approximate surface area is 459 Å². The minimum atomic E-state index is -4.81. The zero-order valence-corrected chi connectivity index (χ0v) is 47.3. The number of carbonyl (C=O) groups is 3. The van der Waals surface area contributed by atoms with Gasteiger partial charge in [-0.05, 0) is 122 Å². The summed E-state index contributed by atoms with van der Waals surface area (Å²) in [4.78, 5) is 48.4. The first-order valence-electron chi connectivity index (χ1n) is 27.7. The molecular formula is C64H95O11P. The van der Waals surface area contributed by atoms with Crippen LogP contribution in [0.2, 0.25) is 0 Å². The fourth-order valence-electron chi connectivity index (χ4n) is 6.27. The van der Waals surface area contributed by atoms with Crippen molar-refractivity contribution < 1.29 is 52.2 Å². The monoisotopic (exact) mass is 1070 g/mol. The Kier molecular flexibility index (Phi) is 51.8. The molecule has 0 fully saturated rings. The minimum Gasteiger partial charge on any atom is -0.461 e. The maximum atomic E-state index is 12.9. The lowest BCUT2D eigenvalue weighted by Crippen LogP contribution is -2.30. The third-order valence-electron chi connectivity index (χ3n) is 10.4. The first-order chi connectivity index (χ1) is 37.2. The second-order valence-corrected chi connectivity index (χ2v) is 18.7. The van der Waals surface area contributed by atoms with E-state index < -0.39 is 64.4 Å². The topological polar surface area (TPSA) is 155 Å². The zero-order valence-electron chi connectivity index (χ0n) is 46.4. The lowest BCUT2D eigenvalue weighted by Gasteiger charge is -2.21. The minimum absolute atomic E-state index is 0.00785. The normalized spacial score (nSPS) is 14.8. The van der Waals surface area contributed by atoms with Crippen LogP contribution < -0.4 is 0 Å². The van der Waals surface area contributed by atoms with E-state index in [1.807, 2.05) is 36.5 Å². The van der Waals surface area contributed by atoms with Gasteiger partial charge in [0.2, 0.25) is 0 Å². The van der Waals surface area contributed by atoms with Crippen molar-refractivity contribution in [1.82, 2.24) is 0 Å². The third-order valence-corrected chi connectivity index (χ3v) is 11.3. The van der Waals surface area contributed by atoms with Crippen molar-refractivity contribution in [1.29, 1.82) is 0 Å². The highest BCUT2D eigenvalue weighted by atomic mass is 31.2. The summed E-state index contributed by atoms with van der Waals surface area (Å²) in [5.74, 6) is -1.79. The quantitative estimate of drug-likeness (QED) is 0.0197. The Hall–Kier alpha value is -5.42. The highest BCUT2D eigenvalue weighted by Crippen LogP contribution is 2.43. The van der Waals surface area contributed by atoms with E-state index in [9.17, 15) is 28.9 Å². The molecule has 11 nitrogen and oxygen atoms in total. The van der Waals surface area contributed by atoms with E-state index in [1.54, 1.807) is 6.08 Å². The van der Waals surface area contributed by atoms with Gasteiger partial charge in [0.05, 0.1) is 26.2 Å². The average molecular weight is 1070 g/mol. The fourth-order valence-corrected chi connectivity index (χ4v) is 7.05. The summed E-state index contributed by atoms with van der Waals surface area (Å²) < 4.78 is 39.2. The van der Waals surface area contributed by atoms with Gasteiger partial charge in [-0.3, -0.25) is 23.4 Å². The molecule has 0 radical (unpaired) electrons. The molecule has 0 rings (SSSR count). The molecule has 0 amide bonds. The Bertz CT molecular complexity index is 1970. The van der Waals surface area contributed by atoms with E-state index in [1.165, 1.54) is 0 Å². The van der Waals surface area contributed by atoms with Gasteiger partial charge in [-0.15, -0.1) is 0 Å². The molecule has 0 heterocycles. The number of phosphoric acid groups is 1. The van der Waals surface area contributed by atoms with E-state index in [4.69, 9.17) is 23.3 Å². The van der Waals surface area contributed by atoms with Crippen LogP contribution in [-0.2, 0) is 42.2 Å². The molecular weight excluding hydrogens is 976 g/mol. The maximum absolute atomic E-state index is 12.9. The van der Waals surface area contributed by atoms with Gasteiger partial charge in [-0.2, -0.15) is 0 Å². The number of allylic oxidation sites excluding steroid dienone is 29. The molecule has 2 N–H and O–H groups in total. The van der Waals surface area contributed by atoms with Crippen LogP contribution in [0.25, 0.3) is 0 Å². The first-order valence-corrected chi connectivity index (χ1v) is 29.2. The van der Waals surface area contributed by atoms with Gasteiger partial charge in [0, 0.05) is 12.8 Å². The maximum Gasteiger partial charge on any atom is 0.472 e. The molecule has 0 saturated carbocycles. The van der Waals surface area contributed by atoms with Gasteiger partial charge >= 0.3 is 25.7 Å². The van der Waals surface area contributed by atoms with Gasteiger partial charge in [0.1, 0.15) is 12.7 Å². The van der Waals surface area contributed by atoms with E-state index >= 15 is 0 Å². The number of hydrogen-bond donors (Lipinski definition) is 2. The predicted molar refractivity (Wildman–Crippen MR) is 315 cm³/mol. The summed E-state index contributed by atoms with van der Waals surface area (Å²) in [6, 6.07) is 0. The first kappa shape index (κ1) is 70.6. The van der Waals surface area contributed by atoms with Crippen LogP contribution in [-0.4, -0.2) is 66.5 Å². The standard InChI is InChI=1S/C64H95O11P/c1-4-7-10-13-16-19-22-25-28-29-30-31-34-37-40-43-46-49-52-55-64(68)75-61(57-71-62(66)53-50-47-44-41-38-35-32-26-23-20-17-14-11-8-5-2)59-73-76(69,70)72-58-60(56-65)74-63(67)54-51-48-45-42-39-36-33-27-24-21-18-15-12-9-6-3/h7-12,16-21,25-28,30-33,37-42,46-47,49-50,60-61,65H,4-6,13-15,22-24,29,34-36,43-45,48,51-59H2,1-3H3,(H,69,70)/b10-7-,11-8-,12-9-,19-16-,20-17-,21-18-,28-25-,31-30-,32-26-,33-27-,40-37-,41-38-,42-39-,49-46-,50-47-. The third kappa shape index (κ3) is 53.4. The molecule has 3 unspecified atom stereocenters. The summed E-state index contributed by atoms with van der Waals surface area (Å²) in [7, 11) is -4.81. The lowest BCUT2D eigenvalue weighted by molar-refractivity contribution is -0.160. The molecule has 0 aromatic heterocycles.